The number of hydrogen-bond donors (Lipinski definition) is 2. The first-order valence-corrected chi connectivity index (χ1v) is 27.4. The maximum Gasteiger partial charge on any atom is 0.0314 e. The van der Waals surface area contributed by atoms with Crippen LogP contribution in [0.1, 0.15) is 265 Å². The van der Waals surface area contributed by atoms with E-state index in [0.717, 1.165) is 23.2 Å². The largest absolute Gasteiger partial charge is 0.399 e. The molecule has 0 aliphatic heterocycles. The first-order valence-electron chi connectivity index (χ1n) is 27.4. The summed E-state index contributed by atoms with van der Waals surface area (Å²) in [5.74, 6) is 2.96. The molecule has 352 valence electrons. The van der Waals surface area contributed by atoms with Gasteiger partial charge in [0.25, 0.3) is 0 Å². The van der Waals surface area contributed by atoms with Gasteiger partial charge in [-0.2, -0.15) is 0 Å². The Morgan fingerprint density at radius 3 is 0.953 bits per heavy atom. The van der Waals surface area contributed by atoms with E-state index in [-0.39, 0.29) is 0 Å². The van der Waals surface area contributed by atoms with Crippen LogP contribution in [0, 0.1) is 11.8 Å². The zero-order valence-electron chi connectivity index (χ0n) is 41.5. The summed E-state index contributed by atoms with van der Waals surface area (Å²) in [5.41, 5.74) is 22.8. The molecule has 0 spiro atoms. The van der Waals surface area contributed by atoms with Crippen molar-refractivity contribution in [1.82, 2.24) is 0 Å². The number of rotatable bonds is 33. The van der Waals surface area contributed by atoms with Crippen LogP contribution in [0.15, 0.2) is 97.1 Å². The molecule has 1 aliphatic carbocycles. The van der Waals surface area contributed by atoms with E-state index < -0.39 is 0 Å². The normalized spacial score (nSPS) is 15.2. The summed E-state index contributed by atoms with van der Waals surface area (Å²) in [6.07, 6.45) is 40.7. The van der Waals surface area contributed by atoms with Gasteiger partial charge in [-0.05, 0) is 95.2 Å². The second kappa shape index (κ2) is 30.6. The molecular weight excluding hydrogens is 773 g/mol. The minimum Gasteiger partial charge on any atom is -0.399 e. The molecule has 1 fully saturated rings. The van der Waals surface area contributed by atoms with Crippen LogP contribution in [0.5, 0.6) is 0 Å². The van der Waals surface area contributed by atoms with Gasteiger partial charge < -0.3 is 11.5 Å². The predicted molar refractivity (Wildman–Crippen MR) is 283 cm³/mol. The van der Waals surface area contributed by atoms with E-state index in [4.69, 9.17) is 11.5 Å². The highest BCUT2D eigenvalue weighted by atomic mass is 14.5. The molecule has 5 rings (SSSR count). The summed E-state index contributed by atoms with van der Waals surface area (Å²) in [6, 6.07) is 37.6. The van der Waals surface area contributed by atoms with Gasteiger partial charge in [-0.1, -0.05) is 261 Å². The Morgan fingerprint density at radius 1 is 0.328 bits per heavy atom. The van der Waals surface area contributed by atoms with Gasteiger partial charge in [-0.15, -0.1) is 0 Å². The van der Waals surface area contributed by atoms with Gasteiger partial charge in [-0.3, -0.25) is 0 Å². The van der Waals surface area contributed by atoms with E-state index >= 15 is 0 Å². The molecule has 0 radical (unpaired) electrons. The molecule has 0 amide bonds. The van der Waals surface area contributed by atoms with Crippen LogP contribution in [0.4, 0.5) is 11.4 Å². The summed E-state index contributed by atoms with van der Waals surface area (Å²) in [4.78, 5) is 0. The lowest BCUT2D eigenvalue weighted by molar-refractivity contribution is 0.214. The van der Waals surface area contributed by atoms with Crippen molar-refractivity contribution in [2.24, 2.45) is 11.8 Å². The molecule has 0 bridgehead atoms. The fourth-order valence-corrected chi connectivity index (χ4v) is 11.4. The van der Waals surface area contributed by atoms with Crippen molar-refractivity contribution in [2.75, 3.05) is 11.5 Å². The minimum absolute atomic E-state index is 0.398. The lowest BCUT2D eigenvalue weighted by atomic mass is 9.73. The number of hydrogen-bond acceptors (Lipinski definition) is 2. The van der Waals surface area contributed by atoms with Crippen molar-refractivity contribution in [1.29, 1.82) is 0 Å². The highest BCUT2D eigenvalue weighted by molar-refractivity contribution is 5.45. The molecule has 0 aromatic heterocycles. The topological polar surface area (TPSA) is 52.0 Å². The maximum atomic E-state index is 6.20. The summed E-state index contributed by atoms with van der Waals surface area (Å²) >= 11 is 0. The molecule has 64 heavy (non-hydrogen) atoms. The highest BCUT2D eigenvalue weighted by Crippen LogP contribution is 2.41. The molecule has 4 aromatic rings. The van der Waals surface area contributed by atoms with Crippen LogP contribution >= 0.6 is 0 Å². The lowest BCUT2D eigenvalue weighted by Gasteiger charge is -2.32. The third-order valence-corrected chi connectivity index (χ3v) is 15.4. The number of anilines is 2. The Balaban J connectivity index is 1.39. The monoisotopic (exact) mass is 867 g/mol. The van der Waals surface area contributed by atoms with Gasteiger partial charge in [0.15, 0.2) is 0 Å². The van der Waals surface area contributed by atoms with Crippen molar-refractivity contribution in [3.8, 4) is 0 Å². The molecule has 2 heteroatoms. The molecule has 4 N–H and O–H groups in total. The molecule has 3 unspecified atom stereocenters. The molecule has 1 aliphatic rings. The Hall–Kier alpha value is -3.52. The molecule has 1 saturated carbocycles. The predicted octanol–water partition coefficient (Wildman–Crippen LogP) is 19.3. The van der Waals surface area contributed by atoms with Crippen LogP contribution < -0.4 is 11.5 Å². The van der Waals surface area contributed by atoms with Crippen LogP contribution in [0.3, 0.4) is 0 Å². The number of nitrogens with two attached hydrogens (primary N) is 2. The van der Waals surface area contributed by atoms with E-state index in [9.17, 15) is 0 Å². The molecule has 0 heterocycles. The van der Waals surface area contributed by atoms with Crippen molar-refractivity contribution in [2.45, 2.75) is 231 Å². The third-order valence-electron chi connectivity index (χ3n) is 15.4. The fraction of sp³-hybridized carbons (Fsp3) is 0.613. The quantitative estimate of drug-likeness (QED) is 0.0370. The molecule has 0 saturated heterocycles. The number of nitrogen functional groups attached to an aromatic ring is 2. The Morgan fingerprint density at radius 2 is 0.609 bits per heavy atom. The summed E-state index contributed by atoms with van der Waals surface area (Å²) in [7, 11) is 0. The van der Waals surface area contributed by atoms with Crippen LogP contribution in [-0.2, 0) is 0 Å². The van der Waals surface area contributed by atoms with E-state index in [1.165, 1.54) is 226 Å². The Bertz CT molecular complexity index is 1620. The third kappa shape index (κ3) is 18.0. The van der Waals surface area contributed by atoms with Gasteiger partial charge in [0.05, 0.1) is 0 Å². The second-order valence-electron chi connectivity index (χ2n) is 20.4. The van der Waals surface area contributed by atoms with Gasteiger partial charge in [-0.25, -0.2) is 0 Å². The Labute approximate surface area is 394 Å². The van der Waals surface area contributed by atoms with E-state index in [2.05, 4.69) is 118 Å². The van der Waals surface area contributed by atoms with Gasteiger partial charge in [0.1, 0.15) is 0 Å². The van der Waals surface area contributed by atoms with Crippen molar-refractivity contribution in [3.05, 3.63) is 130 Å². The number of unbranched alkanes of at least 4 members (excludes halogenated alkanes) is 17. The van der Waals surface area contributed by atoms with Crippen LogP contribution in [0.2, 0.25) is 0 Å². The second-order valence-corrected chi connectivity index (χ2v) is 20.4. The van der Waals surface area contributed by atoms with E-state index in [1.807, 2.05) is 0 Å². The first-order chi connectivity index (χ1) is 31.5. The summed E-state index contributed by atoms with van der Waals surface area (Å²) < 4.78 is 0. The molecular formula is C62H94N2. The van der Waals surface area contributed by atoms with Crippen molar-refractivity contribution in [3.63, 3.8) is 0 Å². The fourth-order valence-electron chi connectivity index (χ4n) is 11.4. The van der Waals surface area contributed by atoms with Crippen LogP contribution in [-0.4, -0.2) is 0 Å². The van der Waals surface area contributed by atoms with E-state index in [1.54, 1.807) is 0 Å². The average Bonchev–Trinajstić information content (AvgIpc) is 3.33. The molecule has 2 nitrogen and oxygen atoms in total. The first kappa shape index (κ1) is 51.5. The molecule has 3 atom stereocenters. The SMILES string of the molecule is CCCCCCCCCC(c1ccc(N)cc1)c1ccc(C(CCC(CCCCCCCC)C2CCCCC2)c2ccc(C(CCCCCCCCC)c3ccc(N)cc3)cc2)cc1. The van der Waals surface area contributed by atoms with Gasteiger partial charge >= 0.3 is 0 Å². The van der Waals surface area contributed by atoms with Crippen molar-refractivity contribution < 1.29 is 0 Å². The number of benzene rings is 4. The lowest BCUT2D eigenvalue weighted by Crippen LogP contribution is -2.19. The van der Waals surface area contributed by atoms with Crippen molar-refractivity contribution >= 4 is 11.4 Å². The molecule has 4 aromatic carbocycles. The maximum absolute atomic E-state index is 6.20. The summed E-state index contributed by atoms with van der Waals surface area (Å²) in [6.45, 7) is 6.95. The summed E-state index contributed by atoms with van der Waals surface area (Å²) in [5, 5.41) is 0. The zero-order valence-corrected chi connectivity index (χ0v) is 41.5. The van der Waals surface area contributed by atoms with Gasteiger partial charge in [0.2, 0.25) is 0 Å². The highest BCUT2D eigenvalue weighted by Gasteiger charge is 2.26. The minimum atomic E-state index is 0.398. The standard InChI is InChI=1S/C62H94N2/c1-4-7-10-13-16-19-25-30-60(56-40-45-58(63)46-41-56)52-32-36-54(37-33-52)62(49-44-51(50-27-23-21-24-28-50)29-22-18-15-12-9-6-3)55-38-34-53(35-39-55)61(57-42-47-59(64)48-43-57)31-26-20-17-14-11-8-5-2/h32-43,45-48,50-51,60-62H,4-31,44,49,63-64H2,1-3H3. The average molecular weight is 867 g/mol. The van der Waals surface area contributed by atoms with Crippen LogP contribution in [0.25, 0.3) is 0 Å². The zero-order chi connectivity index (χ0) is 45.0. The van der Waals surface area contributed by atoms with E-state index in [0.29, 0.717) is 17.8 Å². The van der Waals surface area contributed by atoms with Gasteiger partial charge in [0, 0.05) is 29.1 Å². The Kier molecular flexibility index (Phi) is 24.6. The smallest absolute Gasteiger partial charge is 0.0314 e.